The molecule has 2 aliphatic rings. The largest absolute Gasteiger partial charge is 0.356 e. The minimum Gasteiger partial charge on any atom is -0.356 e. The average molecular weight is 275 g/mol. The molecular weight excluding hydrogens is 250 g/mol. The van der Waals surface area contributed by atoms with Crippen molar-refractivity contribution in [3.8, 4) is 0 Å². The highest BCUT2D eigenvalue weighted by atomic mass is 16.1. The molecule has 1 aromatic heterocycles. The Bertz CT molecular complexity index is 519. The summed E-state index contributed by atoms with van der Waals surface area (Å²) in [6.07, 6.45) is 6.05. The molecule has 0 aromatic carbocycles. The zero-order chi connectivity index (χ0) is 14.1. The molecule has 1 saturated heterocycles. The zero-order valence-corrected chi connectivity index (χ0v) is 12.6. The van der Waals surface area contributed by atoms with Crippen LogP contribution in [0.3, 0.4) is 0 Å². The van der Waals surface area contributed by atoms with E-state index in [1.54, 1.807) is 6.07 Å². The lowest BCUT2D eigenvalue weighted by molar-refractivity contribution is 0.351. The van der Waals surface area contributed by atoms with E-state index < -0.39 is 0 Å². The van der Waals surface area contributed by atoms with E-state index in [0.29, 0.717) is 5.92 Å². The SMILES string of the molecule is CC(C)C1CCCN(c2cc(=O)[nH]c(C3CC3)n2)CC1. The molecule has 1 aromatic rings. The molecular formula is C16H25N3O. The van der Waals surface area contributed by atoms with Crippen LogP contribution in [-0.2, 0) is 0 Å². The summed E-state index contributed by atoms with van der Waals surface area (Å²) in [7, 11) is 0. The van der Waals surface area contributed by atoms with Gasteiger partial charge in [-0.1, -0.05) is 13.8 Å². The number of anilines is 1. The second-order valence-electron chi connectivity index (χ2n) is 6.69. The maximum Gasteiger partial charge on any atom is 0.252 e. The van der Waals surface area contributed by atoms with E-state index in [1.807, 2.05) is 0 Å². The van der Waals surface area contributed by atoms with Crippen LogP contribution >= 0.6 is 0 Å². The maximum atomic E-state index is 11.8. The molecule has 2 fully saturated rings. The van der Waals surface area contributed by atoms with Gasteiger partial charge in [-0.15, -0.1) is 0 Å². The summed E-state index contributed by atoms with van der Waals surface area (Å²) in [5.41, 5.74) is 0.00144. The summed E-state index contributed by atoms with van der Waals surface area (Å²) in [6.45, 7) is 6.70. The Morgan fingerprint density at radius 1 is 1.25 bits per heavy atom. The zero-order valence-electron chi connectivity index (χ0n) is 12.6. The summed E-state index contributed by atoms with van der Waals surface area (Å²) >= 11 is 0. The topological polar surface area (TPSA) is 49.0 Å². The Morgan fingerprint density at radius 3 is 2.75 bits per heavy atom. The van der Waals surface area contributed by atoms with E-state index in [2.05, 4.69) is 23.7 Å². The van der Waals surface area contributed by atoms with Crippen LogP contribution in [0.25, 0.3) is 0 Å². The third-order valence-corrected chi connectivity index (χ3v) is 4.75. The fraction of sp³-hybridized carbons (Fsp3) is 0.750. The van der Waals surface area contributed by atoms with Crippen molar-refractivity contribution in [3.05, 3.63) is 22.2 Å². The van der Waals surface area contributed by atoms with Crippen molar-refractivity contribution in [1.29, 1.82) is 0 Å². The lowest BCUT2D eigenvalue weighted by Gasteiger charge is -2.22. The first kappa shape index (κ1) is 13.7. The van der Waals surface area contributed by atoms with Crippen LogP contribution in [0.4, 0.5) is 5.82 Å². The second kappa shape index (κ2) is 5.58. The quantitative estimate of drug-likeness (QED) is 0.922. The predicted octanol–water partition coefficient (Wildman–Crippen LogP) is 2.91. The number of H-pyrrole nitrogens is 1. The molecule has 3 rings (SSSR count). The van der Waals surface area contributed by atoms with Crippen LogP contribution in [-0.4, -0.2) is 23.1 Å². The Kier molecular flexibility index (Phi) is 3.81. The molecule has 4 heteroatoms. The number of nitrogens with zero attached hydrogens (tertiary/aromatic N) is 2. The minimum atomic E-state index is 0.00144. The summed E-state index contributed by atoms with van der Waals surface area (Å²) in [5.74, 6) is 3.85. The summed E-state index contributed by atoms with van der Waals surface area (Å²) in [4.78, 5) is 21.7. The number of hydrogen-bond donors (Lipinski definition) is 1. The van der Waals surface area contributed by atoms with Crippen molar-refractivity contribution in [2.45, 2.75) is 51.9 Å². The molecule has 20 heavy (non-hydrogen) atoms. The lowest BCUT2D eigenvalue weighted by atomic mass is 9.89. The molecule has 4 nitrogen and oxygen atoms in total. The molecule has 0 spiro atoms. The summed E-state index contributed by atoms with van der Waals surface area (Å²) in [5, 5.41) is 0. The van der Waals surface area contributed by atoms with E-state index in [9.17, 15) is 4.79 Å². The highest BCUT2D eigenvalue weighted by Crippen LogP contribution is 2.38. The third kappa shape index (κ3) is 3.05. The van der Waals surface area contributed by atoms with Crippen LogP contribution in [0.1, 0.15) is 57.7 Å². The lowest BCUT2D eigenvalue weighted by Crippen LogP contribution is -2.27. The molecule has 0 radical (unpaired) electrons. The highest BCUT2D eigenvalue weighted by Gasteiger charge is 2.27. The van der Waals surface area contributed by atoms with Gasteiger partial charge in [0.15, 0.2) is 0 Å². The van der Waals surface area contributed by atoms with Crippen molar-refractivity contribution < 1.29 is 0 Å². The monoisotopic (exact) mass is 275 g/mol. The van der Waals surface area contributed by atoms with Crippen LogP contribution in [0.5, 0.6) is 0 Å². The van der Waals surface area contributed by atoms with Crippen LogP contribution in [0.15, 0.2) is 10.9 Å². The van der Waals surface area contributed by atoms with E-state index in [0.717, 1.165) is 36.6 Å². The first-order chi connectivity index (χ1) is 9.63. The fourth-order valence-corrected chi connectivity index (χ4v) is 3.19. The first-order valence-corrected chi connectivity index (χ1v) is 7.99. The fourth-order valence-electron chi connectivity index (χ4n) is 3.19. The highest BCUT2D eigenvalue weighted by molar-refractivity contribution is 5.38. The van der Waals surface area contributed by atoms with Gasteiger partial charge in [0.05, 0.1) is 0 Å². The van der Waals surface area contributed by atoms with Gasteiger partial charge in [-0.2, -0.15) is 0 Å². The van der Waals surface area contributed by atoms with Gasteiger partial charge in [-0.25, -0.2) is 4.98 Å². The molecule has 1 unspecified atom stereocenters. The van der Waals surface area contributed by atoms with Crippen LogP contribution < -0.4 is 10.5 Å². The molecule has 110 valence electrons. The molecule has 2 heterocycles. The maximum absolute atomic E-state index is 11.8. The minimum absolute atomic E-state index is 0.00144. The Balaban J connectivity index is 1.77. The molecule has 1 N–H and O–H groups in total. The van der Waals surface area contributed by atoms with Crippen molar-refractivity contribution in [3.63, 3.8) is 0 Å². The molecule has 1 aliphatic heterocycles. The van der Waals surface area contributed by atoms with Crippen molar-refractivity contribution in [2.24, 2.45) is 11.8 Å². The number of nitrogens with one attached hydrogen (secondary N) is 1. The van der Waals surface area contributed by atoms with Crippen molar-refractivity contribution in [2.75, 3.05) is 18.0 Å². The van der Waals surface area contributed by atoms with Gasteiger partial charge in [-0.05, 0) is 43.9 Å². The van der Waals surface area contributed by atoms with E-state index in [-0.39, 0.29) is 5.56 Å². The smallest absolute Gasteiger partial charge is 0.252 e. The van der Waals surface area contributed by atoms with E-state index >= 15 is 0 Å². The van der Waals surface area contributed by atoms with Crippen LogP contribution in [0.2, 0.25) is 0 Å². The molecule has 0 bridgehead atoms. The van der Waals surface area contributed by atoms with E-state index in [4.69, 9.17) is 4.98 Å². The Hall–Kier alpha value is -1.32. The normalized spacial score (nSPS) is 23.9. The van der Waals surface area contributed by atoms with Gasteiger partial charge in [-0.3, -0.25) is 4.79 Å². The first-order valence-electron chi connectivity index (χ1n) is 7.99. The Morgan fingerprint density at radius 2 is 2.05 bits per heavy atom. The van der Waals surface area contributed by atoms with Gasteiger partial charge < -0.3 is 9.88 Å². The second-order valence-corrected chi connectivity index (χ2v) is 6.69. The number of aromatic amines is 1. The van der Waals surface area contributed by atoms with Gasteiger partial charge in [0.2, 0.25) is 0 Å². The van der Waals surface area contributed by atoms with Crippen molar-refractivity contribution >= 4 is 5.82 Å². The van der Waals surface area contributed by atoms with Gasteiger partial charge in [0.25, 0.3) is 5.56 Å². The van der Waals surface area contributed by atoms with Gasteiger partial charge >= 0.3 is 0 Å². The van der Waals surface area contributed by atoms with E-state index in [1.165, 1.54) is 32.1 Å². The van der Waals surface area contributed by atoms with Gasteiger partial charge in [0.1, 0.15) is 11.6 Å². The molecule has 1 atom stereocenters. The number of hydrogen-bond acceptors (Lipinski definition) is 3. The van der Waals surface area contributed by atoms with Crippen LogP contribution in [0, 0.1) is 11.8 Å². The third-order valence-electron chi connectivity index (χ3n) is 4.75. The average Bonchev–Trinajstić information content (AvgIpc) is 3.24. The summed E-state index contributed by atoms with van der Waals surface area (Å²) in [6, 6.07) is 1.67. The Labute approximate surface area is 120 Å². The molecule has 1 aliphatic carbocycles. The standard InChI is InChI=1S/C16H25N3O/c1-11(2)12-4-3-8-19(9-7-12)14-10-15(20)18-16(17-14)13-5-6-13/h10-13H,3-9H2,1-2H3,(H,17,18,20). The molecule has 0 amide bonds. The number of rotatable bonds is 3. The predicted molar refractivity (Wildman–Crippen MR) is 81.2 cm³/mol. The van der Waals surface area contributed by atoms with Crippen molar-refractivity contribution in [1.82, 2.24) is 9.97 Å². The number of aromatic nitrogens is 2. The molecule has 1 saturated carbocycles. The summed E-state index contributed by atoms with van der Waals surface area (Å²) < 4.78 is 0. The van der Waals surface area contributed by atoms with Gasteiger partial charge in [0, 0.05) is 25.1 Å².